The summed E-state index contributed by atoms with van der Waals surface area (Å²) in [5, 5.41) is 3.00. The van der Waals surface area contributed by atoms with Gasteiger partial charge in [-0.2, -0.15) is 0 Å². The molecule has 0 bridgehead atoms. The first-order valence-electron chi connectivity index (χ1n) is 12.5. The fourth-order valence-electron chi connectivity index (χ4n) is 5.15. The second-order valence-corrected chi connectivity index (χ2v) is 9.23. The number of piperazine rings is 1. The number of methoxy groups -OCH3 is 1. The summed E-state index contributed by atoms with van der Waals surface area (Å²) in [6.45, 7) is 5.16. The minimum atomic E-state index is -0.187. The van der Waals surface area contributed by atoms with Crippen LogP contribution in [0, 0.1) is 0 Å². The van der Waals surface area contributed by atoms with Gasteiger partial charge in [0.1, 0.15) is 5.75 Å². The molecule has 188 valence electrons. The highest BCUT2D eigenvalue weighted by molar-refractivity contribution is 6.06. The highest BCUT2D eigenvalue weighted by Gasteiger charge is 2.30. The third kappa shape index (κ3) is 5.23. The van der Waals surface area contributed by atoms with Crippen molar-refractivity contribution in [2.75, 3.05) is 56.6 Å². The molecule has 0 unspecified atom stereocenters. The van der Waals surface area contributed by atoms with Crippen molar-refractivity contribution in [1.29, 1.82) is 0 Å². The molecular weight excluding hydrogens is 456 g/mol. The fourth-order valence-corrected chi connectivity index (χ4v) is 5.15. The van der Waals surface area contributed by atoms with E-state index in [4.69, 9.17) is 9.15 Å². The van der Waals surface area contributed by atoms with Crippen molar-refractivity contribution in [1.82, 2.24) is 9.80 Å². The van der Waals surface area contributed by atoms with Crippen molar-refractivity contribution < 1.29 is 18.7 Å². The van der Waals surface area contributed by atoms with E-state index >= 15 is 0 Å². The van der Waals surface area contributed by atoms with Gasteiger partial charge >= 0.3 is 0 Å². The summed E-state index contributed by atoms with van der Waals surface area (Å²) in [5.41, 5.74) is 2.39. The number of hydrogen-bond acceptors (Lipinski definition) is 6. The molecule has 1 aromatic heterocycles. The van der Waals surface area contributed by atoms with Gasteiger partial charge in [0.15, 0.2) is 5.76 Å². The summed E-state index contributed by atoms with van der Waals surface area (Å²) in [6, 6.07) is 19.2. The second kappa shape index (κ2) is 10.9. The Morgan fingerprint density at radius 3 is 2.42 bits per heavy atom. The number of amides is 2. The molecule has 0 atom stereocenters. The third-order valence-electron chi connectivity index (χ3n) is 7.14. The lowest BCUT2D eigenvalue weighted by atomic mass is 10.0. The number of carbonyl (C=O) groups excluding carboxylic acids is 2. The summed E-state index contributed by atoms with van der Waals surface area (Å²) in [6.07, 6.45) is 3.69. The van der Waals surface area contributed by atoms with E-state index in [1.807, 2.05) is 35.2 Å². The smallest absolute Gasteiger partial charge is 0.289 e. The Morgan fingerprint density at radius 1 is 0.917 bits per heavy atom. The van der Waals surface area contributed by atoms with E-state index in [-0.39, 0.29) is 11.8 Å². The van der Waals surface area contributed by atoms with Gasteiger partial charge in [-0.15, -0.1) is 0 Å². The quantitative estimate of drug-likeness (QED) is 0.566. The van der Waals surface area contributed by atoms with Crippen LogP contribution in [-0.4, -0.2) is 74.0 Å². The van der Waals surface area contributed by atoms with Gasteiger partial charge in [0.2, 0.25) is 0 Å². The van der Waals surface area contributed by atoms with Crippen LogP contribution < -0.4 is 15.0 Å². The molecule has 0 spiro atoms. The molecule has 0 saturated carbocycles. The average molecular weight is 489 g/mol. The summed E-state index contributed by atoms with van der Waals surface area (Å²) >= 11 is 0. The van der Waals surface area contributed by atoms with Gasteiger partial charge in [-0.05, 0) is 55.3 Å². The van der Waals surface area contributed by atoms with Gasteiger partial charge in [-0.25, -0.2) is 0 Å². The van der Waals surface area contributed by atoms with Crippen LogP contribution in [0.5, 0.6) is 5.75 Å². The van der Waals surface area contributed by atoms with Gasteiger partial charge in [0.05, 0.1) is 18.9 Å². The van der Waals surface area contributed by atoms with Gasteiger partial charge in [0.25, 0.3) is 11.8 Å². The van der Waals surface area contributed by atoms with E-state index in [9.17, 15) is 9.59 Å². The number of rotatable bonds is 6. The molecule has 8 heteroatoms. The summed E-state index contributed by atoms with van der Waals surface area (Å²) in [5.74, 6) is 0.762. The topological polar surface area (TPSA) is 78.3 Å². The number of nitrogens with one attached hydrogen (secondary N) is 1. The van der Waals surface area contributed by atoms with Crippen LogP contribution in [0.25, 0.3) is 0 Å². The van der Waals surface area contributed by atoms with Gasteiger partial charge < -0.3 is 24.3 Å². The molecule has 0 radical (unpaired) electrons. The molecule has 8 nitrogen and oxygen atoms in total. The first kappa shape index (κ1) is 23.9. The molecule has 3 aromatic rings. The van der Waals surface area contributed by atoms with Crippen molar-refractivity contribution in [2.45, 2.75) is 18.9 Å². The Morgan fingerprint density at radius 2 is 1.69 bits per heavy atom. The second-order valence-electron chi connectivity index (χ2n) is 9.23. The van der Waals surface area contributed by atoms with E-state index in [0.717, 1.165) is 63.5 Å². The molecule has 0 aliphatic carbocycles. The van der Waals surface area contributed by atoms with Crippen LogP contribution in [0.15, 0.2) is 71.3 Å². The SMILES string of the molecule is COc1ccccc1C(=O)Nc1cccc(N2CCC(N3CCN(C(=O)c4ccco4)CC3)CC2)c1. The normalized spacial score (nSPS) is 17.1. The van der Waals surface area contributed by atoms with Crippen LogP contribution in [0.1, 0.15) is 33.8 Å². The average Bonchev–Trinajstić information content (AvgIpc) is 3.48. The number of ether oxygens (including phenoxy) is 1. The fraction of sp³-hybridized carbons (Fsp3) is 0.357. The summed E-state index contributed by atoms with van der Waals surface area (Å²) in [7, 11) is 1.57. The molecule has 2 aliphatic heterocycles. The Hall–Kier alpha value is -3.78. The Balaban J connectivity index is 1.13. The first-order chi connectivity index (χ1) is 17.6. The Labute approximate surface area is 211 Å². The van der Waals surface area contributed by atoms with Gasteiger partial charge in [-0.1, -0.05) is 18.2 Å². The maximum absolute atomic E-state index is 12.8. The number of nitrogens with zero attached hydrogens (tertiary/aromatic N) is 3. The first-order valence-corrected chi connectivity index (χ1v) is 12.5. The van der Waals surface area contributed by atoms with Crippen molar-refractivity contribution in [3.63, 3.8) is 0 Å². The van der Waals surface area contributed by atoms with E-state index in [0.29, 0.717) is 23.1 Å². The van der Waals surface area contributed by atoms with Crippen LogP contribution in [0.3, 0.4) is 0 Å². The number of benzene rings is 2. The summed E-state index contributed by atoms with van der Waals surface area (Å²) in [4.78, 5) is 32.1. The zero-order chi connectivity index (χ0) is 24.9. The monoisotopic (exact) mass is 488 g/mol. The molecule has 2 aromatic carbocycles. The van der Waals surface area contributed by atoms with E-state index in [1.165, 1.54) is 0 Å². The number of anilines is 2. The van der Waals surface area contributed by atoms with Crippen LogP contribution in [0.2, 0.25) is 0 Å². The third-order valence-corrected chi connectivity index (χ3v) is 7.14. The van der Waals surface area contributed by atoms with Crippen molar-refractivity contribution in [3.05, 3.63) is 78.3 Å². The maximum atomic E-state index is 12.8. The molecule has 3 heterocycles. The molecular formula is C28H32N4O4. The van der Waals surface area contributed by atoms with Crippen LogP contribution in [-0.2, 0) is 0 Å². The molecule has 2 fully saturated rings. The van der Waals surface area contributed by atoms with E-state index < -0.39 is 0 Å². The largest absolute Gasteiger partial charge is 0.496 e. The van der Waals surface area contributed by atoms with Gasteiger partial charge in [0, 0.05) is 56.7 Å². The van der Waals surface area contributed by atoms with Crippen molar-refractivity contribution in [2.24, 2.45) is 0 Å². The number of furan rings is 1. The molecule has 5 rings (SSSR count). The van der Waals surface area contributed by atoms with Crippen LogP contribution >= 0.6 is 0 Å². The molecule has 36 heavy (non-hydrogen) atoms. The predicted molar refractivity (Wildman–Crippen MR) is 139 cm³/mol. The zero-order valence-corrected chi connectivity index (χ0v) is 20.6. The van der Waals surface area contributed by atoms with Crippen LogP contribution in [0.4, 0.5) is 11.4 Å². The minimum absolute atomic E-state index is 0.0212. The summed E-state index contributed by atoms with van der Waals surface area (Å²) < 4.78 is 10.6. The predicted octanol–water partition coefficient (Wildman–Crippen LogP) is 3.97. The maximum Gasteiger partial charge on any atom is 0.289 e. The molecule has 1 N–H and O–H groups in total. The van der Waals surface area contributed by atoms with Gasteiger partial charge in [-0.3, -0.25) is 14.5 Å². The van der Waals surface area contributed by atoms with Crippen molar-refractivity contribution in [3.8, 4) is 5.75 Å². The Kier molecular flexibility index (Phi) is 7.23. The minimum Gasteiger partial charge on any atom is -0.496 e. The lowest BCUT2D eigenvalue weighted by Crippen LogP contribution is -2.54. The number of carbonyl (C=O) groups is 2. The number of piperidine rings is 1. The lowest BCUT2D eigenvalue weighted by molar-refractivity contribution is 0.0514. The Bertz CT molecular complexity index is 1180. The zero-order valence-electron chi connectivity index (χ0n) is 20.6. The highest BCUT2D eigenvalue weighted by atomic mass is 16.5. The van der Waals surface area contributed by atoms with Crippen molar-refractivity contribution >= 4 is 23.2 Å². The highest BCUT2D eigenvalue weighted by Crippen LogP contribution is 2.27. The molecule has 2 aliphatic rings. The molecule has 2 saturated heterocycles. The molecule has 2 amide bonds. The van der Waals surface area contributed by atoms with E-state index in [1.54, 1.807) is 37.6 Å². The lowest BCUT2D eigenvalue weighted by Gasteiger charge is -2.43. The van der Waals surface area contributed by atoms with E-state index in [2.05, 4.69) is 21.2 Å². The number of hydrogen-bond donors (Lipinski definition) is 1. The number of para-hydroxylation sites is 1. The standard InChI is InChI=1S/C28H32N4O4/c1-35-25-9-3-2-8-24(25)27(33)29-21-6-4-7-23(20-21)30-13-11-22(12-14-30)31-15-17-32(18-16-31)28(34)26-10-5-19-36-26/h2-10,19-20,22H,11-18H2,1H3,(H,29,33).